The van der Waals surface area contributed by atoms with Crippen molar-refractivity contribution >= 4 is 34.7 Å². The summed E-state index contributed by atoms with van der Waals surface area (Å²) in [6, 6.07) is 9.52. The van der Waals surface area contributed by atoms with Gasteiger partial charge in [-0.25, -0.2) is 9.37 Å². The lowest BCUT2D eigenvalue weighted by Gasteiger charge is -2.33. The molecule has 3 N–H and O–H groups in total. The van der Waals surface area contributed by atoms with Crippen molar-refractivity contribution < 1.29 is 22.4 Å². The van der Waals surface area contributed by atoms with Gasteiger partial charge >= 0.3 is 5.51 Å². The number of halogens is 4. The normalized spacial score (nSPS) is 18.2. The fourth-order valence-electron chi connectivity index (χ4n) is 4.02. The first kappa shape index (κ1) is 26.6. The number of hydrogen-bond donors (Lipinski definition) is 3. The maximum atomic E-state index is 14.6. The number of likely N-dealkylation sites (tertiary alicyclic amines) is 1. The quantitative estimate of drug-likeness (QED) is 0.250. The number of nitrogens with one attached hydrogen (secondary N) is 3. The minimum atomic E-state index is -4.54. The molecule has 3 aromatic rings. The molecule has 0 spiro atoms. The van der Waals surface area contributed by atoms with E-state index in [0.29, 0.717) is 29.9 Å². The number of imidazole rings is 1. The Balaban J connectivity index is 1.56. The molecule has 37 heavy (non-hydrogen) atoms. The average Bonchev–Trinajstić information content (AvgIpc) is 3.20. The van der Waals surface area contributed by atoms with Crippen molar-refractivity contribution in [3.63, 3.8) is 0 Å². The predicted molar refractivity (Wildman–Crippen MR) is 137 cm³/mol. The molecule has 1 aliphatic heterocycles. The van der Waals surface area contributed by atoms with Crippen LogP contribution in [-0.4, -0.2) is 71.6 Å². The summed E-state index contributed by atoms with van der Waals surface area (Å²) < 4.78 is 56.0. The van der Waals surface area contributed by atoms with Crippen LogP contribution in [0.5, 0.6) is 0 Å². The van der Waals surface area contributed by atoms with Gasteiger partial charge in [-0.15, -0.1) is 0 Å². The second-order valence-corrected chi connectivity index (χ2v) is 9.61. The number of carbonyl (C=O) groups excluding carboxylic acids is 1. The Labute approximate surface area is 216 Å². The van der Waals surface area contributed by atoms with Gasteiger partial charge < -0.3 is 20.9 Å². The second kappa shape index (κ2) is 11.3. The minimum Gasteiger partial charge on any atom is -0.376 e. The molecular weight excluding hydrogens is 508 g/mol. The first-order valence-corrected chi connectivity index (χ1v) is 12.4. The zero-order chi connectivity index (χ0) is 26.6. The van der Waals surface area contributed by atoms with Gasteiger partial charge in [0.15, 0.2) is 5.65 Å². The summed E-state index contributed by atoms with van der Waals surface area (Å²) in [6.07, 6.45) is 0.931. The van der Waals surface area contributed by atoms with E-state index < -0.39 is 17.7 Å². The van der Waals surface area contributed by atoms with E-state index in [1.165, 1.54) is 10.6 Å². The van der Waals surface area contributed by atoms with Crippen LogP contribution in [0.3, 0.4) is 0 Å². The Morgan fingerprint density at radius 2 is 2.00 bits per heavy atom. The lowest BCUT2D eigenvalue weighted by Crippen LogP contribution is -2.46. The van der Waals surface area contributed by atoms with E-state index >= 15 is 0 Å². The van der Waals surface area contributed by atoms with E-state index in [0.717, 1.165) is 0 Å². The first-order chi connectivity index (χ1) is 17.6. The Morgan fingerprint density at radius 3 is 2.68 bits per heavy atom. The molecule has 4 rings (SSSR count). The van der Waals surface area contributed by atoms with Gasteiger partial charge in [-0.05, 0) is 55.8 Å². The van der Waals surface area contributed by atoms with Crippen molar-refractivity contribution in [1.29, 1.82) is 0 Å². The summed E-state index contributed by atoms with van der Waals surface area (Å²) in [6.45, 7) is 1.14. The fourth-order valence-corrected chi connectivity index (χ4v) is 4.68. The topological polar surface area (TPSA) is 73.7 Å². The van der Waals surface area contributed by atoms with E-state index in [1.807, 2.05) is 11.9 Å². The van der Waals surface area contributed by atoms with E-state index in [1.54, 1.807) is 43.4 Å². The highest BCUT2D eigenvalue weighted by molar-refractivity contribution is 8.00. The van der Waals surface area contributed by atoms with E-state index in [2.05, 4.69) is 32.8 Å². The molecule has 196 valence electrons. The molecule has 0 unspecified atom stereocenters. The van der Waals surface area contributed by atoms with Crippen LogP contribution in [0, 0.1) is 11.8 Å². The summed E-state index contributed by atoms with van der Waals surface area (Å²) in [7, 11) is 3.39. The molecule has 3 heterocycles. The monoisotopic (exact) mass is 534 g/mol. The third-order valence-electron chi connectivity index (χ3n) is 5.87. The van der Waals surface area contributed by atoms with Gasteiger partial charge in [0.1, 0.15) is 16.9 Å². The molecule has 2 atom stereocenters. The van der Waals surface area contributed by atoms with Crippen LogP contribution in [0.2, 0.25) is 0 Å². The van der Waals surface area contributed by atoms with Crippen molar-refractivity contribution in [2.45, 2.75) is 29.2 Å². The number of nitrogens with zero attached hydrogens (tertiary/aromatic N) is 3. The molecule has 1 aromatic carbocycles. The second-order valence-electron chi connectivity index (χ2n) is 8.56. The SMILES string of the molecule is CNC(=O)c1ccc(NCC#Cc2nc3c(N[C@@H]4CCN(C)C[C@@H]4F)cccn3c2SC(F)(F)F)cc1. The molecule has 0 bridgehead atoms. The lowest BCUT2D eigenvalue weighted by molar-refractivity contribution is -0.0330. The molecular formula is C25H26F4N6OS. The number of aromatic nitrogens is 2. The van der Waals surface area contributed by atoms with Crippen molar-refractivity contribution in [3.8, 4) is 11.8 Å². The van der Waals surface area contributed by atoms with Gasteiger partial charge in [0, 0.05) is 49.3 Å². The van der Waals surface area contributed by atoms with Crippen LogP contribution >= 0.6 is 11.8 Å². The number of anilines is 2. The van der Waals surface area contributed by atoms with Crippen LogP contribution in [0.15, 0.2) is 47.6 Å². The highest BCUT2D eigenvalue weighted by Crippen LogP contribution is 2.39. The van der Waals surface area contributed by atoms with Gasteiger partial charge in [0.05, 0.1) is 18.3 Å². The number of thioether (sulfide) groups is 1. The molecule has 12 heteroatoms. The lowest BCUT2D eigenvalue weighted by atomic mass is 10.0. The van der Waals surface area contributed by atoms with Crippen LogP contribution in [0.1, 0.15) is 22.5 Å². The molecule has 1 amide bonds. The number of piperidine rings is 1. The standard InChI is InChI=1S/C25H26F4N6OS/c1-30-23(36)16-7-9-17(10-8-16)31-12-3-5-21-24(37-25(27,28)29)35-13-4-6-20(22(35)33-21)32-19-11-14-34(2)15-18(19)26/h4,6-10,13,18-19,31-32H,11-12,14-15H2,1-2H3,(H,30,36)/t18-,19+/m0/s1. The Hall–Kier alpha value is -3.43. The predicted octanol–water partition coefficient (Wildman–Crippen LogP) is 4.22. The summed E-state index contributed by atoms with van der Waals surface area (Å²) in [4.78, 5) is 17.9. The maximum absolute atomic E-state index is 14.6. The Kier molecular flexibility index (Phi) is 8.14. The number of carbonyl (C=O) groups is 1. The third-order valence-corrected chi connectivity index (χ3v) is 6.68. The number of fused-ring (bicyclic) bond motifs is 1. The molecule has 7 nitrogen and oxygen atoms in total. The Bertz CT molecular complexity index is 1310. The smallest absolute Gasteiger partial charge is 0.376 e. The van der Waals surface area contributed by atoms with Gasteiger partial charge in [-0.1, -0.05) is 5.92 Å². The van der Waals surface area contributed by atoms with Crippen LogP contribution in [0.4, 0.5) is 28.9 Å². The number of pyridine rings is 1. The molecule has 1 fully saturated rings. The Morgan fingerprint density at radius 1 is 1.24 bits per heavy atom. The molecule has 1 aliphatic rings. The zero-order valence-electron chi connectivity index (χ0n) is 20.2. The summed E-state index contributed by atoms with van der Waals surface area (Å²) in [5.74, 6) is 5.35. The van der Waals surface area contributed by atoms with E-state index in [9.17, 15) is 22.4 Å². The first-order valence-electron chi connectivity index (χ1n) is 11.6. The molecule has 0 saturated carbocycles. The van der Waals surface area contributed by atoms with Gasteiger partial charge in [-0.2, -0.15) is 13.2 Å². The minimum absolute atomic E-state index is 0.0199. The average molecular weight is 535 g/mol. The van der Waals surface area contributed by atoms with Gasteiger partial charge in [0.25, 0.3) is 5.91 Å². The molecule has 1 saturated heterocycles. The van der Waals surface area contributed by atoms with E-state index in [4.69, 9.17) is 0 Å². The number of hydrogen-bond acceptors (Lipinski definition) is 6. The number of alkyl halides is 4. The highest BCUT2D eigenvalue weighted by atomic mass is 32.2. The van der Waals surface area contributed by atoms with Crippen molar-refractivity contribution in [2.24, 2.45) is 0 Å². The van der Waals surface area contributed by atoms with Crippen molar-refractivity contribution in [1.82, 2.24) is 19.6 Å². The maximum Gasteiger partial charge on any atom is 0.447 e. The fraction of sp³-hybridized carbons (Fsp3) is 0.360. The van der Waals surface area contributed by atoms with Gasteiger partial charge in [-0.3, -0.25) is 9.20 Å². The van der Waals surface area contributed by atoms with Gasteiger partial charge in [0.2, 0.25) is 0 Å². The summed E-state index contributed by atoms with van der Waals surface area (Å²) >= 11 is -0.289. The third kappa shape index (κ3) is 6.67. The van der Waals surface area contributed by atoms with E-state index in [-0.39, 0.29) is 47.1 Å². The van der Waals surface area contributed by atoms with Crippen molar-refractivity contribution in [2.75, 3.05) is 44.4 Å². The number of amides is 1. The highest BCUT2D eigenvalue weighted by Gasteiger charge is 2.33. The van der Waals surface area contributed by atoms with Crippen LogP contribution in [0.25, 0.3) is 5.65 Å². The van der Waals surface area contributed by atoms with Crippen LogP contribution < -0.4 is 16.0 Å². The number of rotatable bonds is 6. The number of benzene rings is 1. The molecule has 2 aromatic heterocycles. The molecule has 0 radical (unpaired) electrons. The largest absolute Gasteiger partial charge is 0.447 e. The summed E-state index contributed by atoms with van der Waals surface area (Å²) in [5.41, 5.74) is -2.66. The summed E-state index contributed by atoms with van der Waals surface area (Å²) in [5, 5.41) is 8.56. The van der Waals surface area contributed by atoms with Crippen molar-refractivity contribution in [3.05, 3.63) is 53.9 Å². The zero-order valence-corrected chi connectivity index (χ0v) is 21.0. The molecule has 0 aliphatic carbocycles. The van der Waals surface area contributed by atoms with Crippen LogP contribution in [-0.2, 0) is 0 Å².